The lowest BCUT2D eigenvalue weighted by Crippen LogP contribution is -2.05. The first-order valence-corrected chi connectivity index (χ1v) is 5.89. The van der Waals surface area contributed by atoms with Crippen molar-refractivity contribution in [1.29, 1.82) is 0 Å². The van der Waals surface area contributed by atoms with Crippen molar-refractivity contribution in [2.75, 3.05) is 0 Å². The van der Waals surface area contributed by atoms with E-state index in [2.05, 4.69) is 6.58 Å². The van der Waals surface area contributed by atoms with Crippen molar-refractivity contribution in [3.05, 3.63) is 66.0 Å². The molecule has 4 heteroatoms. The van der Waals surface area contributed by atoms with Gasteiger partial charge in [0.2, 0.25) is 0 Å². The van der Waals surface area contributed by atoms with Crippen LogP contribution in [-0.2, 0) is 4.79 Å². The second kappa shape index (κ2) is 5.67. The molecule has 0 aliphatic heterocycles. The third kappa shape index (κ3) is 2.83. The van der Waals surface area contributed by atoms with Crippen molar-refractivity contribution >= 4 is 17.6 Å². The predicted octanol–water partition coefficient (Wildman–Crippen LogP) is 4.24. The molecule has 0 spiro atoms. The molecule has 2 aromatic carbocycles. The maximum Gasteiger partial charge on any atom is 0.335 e. The lowest BCUT2D eigenvalue weighted by Gasteiger charge is -2.09. The lowest BCUT2D eigenvalue weighted by atomic mass is 10.1. The third-order valence-electron chi connectivity index (χ3n) is 2.51. The van der Waals surface area contributed by atoms with Crippen LogP contribution in [-0.4, -0.2) is 5.97 Å². The summed E-state index contributed by atoms with van der Waals surface area (Å²) in [7, 11) is 0. The number of rotatable bonds is 3. The van der Waals surface area contributed by atoms with Crippen LogP contribution in [0.2, 0.25) is 5.02 Å². The molecule has 2 nitrogen and oxygen atoms in total. The fourth-order valence-corrected chi connectivity index (χ4v) is 1.87. The smallest absolute Gasteiger partial charge is 0.335 e. The molecule has 0 unspecified atom stereocenters. The predicted molar refractivity (Wildman–Crippen MR) is 72.7 cm³/mol. The van der Waals surface area contributed by atoms with Crippen molar-refractivity contribution in [2.24, 2.45) is 0 Å². The molecule has 0 saturated carbocycles. The van der Waals surface area contributed by atoms with Crippen LogP contribution in [0.4, 0.5) is 4.39 Å². The molecule has 19 heavy (non-hydrogen) atoms. The van der Waals surface area contributed by atoms with Gasteiger partial charge in [0.1, 0.15) is 0 Å². The number of ether oxygens (including phenoxy) is 1. The zero-order valence-corrected chi connectivity index (χ0v) is 10.7. The van der Waals surface area contributed by atoms with Gasteiger partial charge in [0.05, 0.1) is 5.02 Å². The van der Waals surface area contributed by atoms with Gasteiger partial charge in [0.25, 0.3) is 0 Å². The monoisotopic (exact) mass is 276 g/mol. The first-order valence-electron chi connectivity index (χ1n) is 5.51. The highest BCUT2D eigenvalue weighted by molar-refractivity contribution is 6.33. The Kier molecular flexibility index (Phi) is 3.97. The molecule has 0 N–H and O–H groups in total. The highest BCUT2D eigenvalue weighted by Gasteiger charge is 2.15. The minimum atomic E-state index is -0.766. The molecule has 2 rings (SSSR count). The van der Waals surface area contributed by atoms with Crippen LogP contribution in [0.1, 0.15) is 0 Å². The molecule has 0 heterocycles. The standard InChI is InChI=1S/C15H10ClFO2/c1-2-13(18)19-12-9-8-11(14(16)15(12)17)10-6-4-3-5-7-10/h2-9H,1H2. The molecule has 0 saturated heterocycles. The summed E-state index contributed by atoms with van der Waals surface area (Å²) in [5, 5.41) is -0.0828. The van der Waals surface area contributed by atoms with E-state index in [1.54, 1.807) is 6.07 Å². The molecule has 96 valence electrons. The van der Waals surface area contributed by atoms with E-state index in [9.17, 15) is 9.18 Å². The highest BCUT2D eigenvalue weighted by atomic mass is 35.5. The molecule has 0 atom stereocenters. The average molecular weight is 277 g/mol. The molecule has 0 aromatic heterocycles. The first-order chi connectivity index (χ1) is 9.13. The van der Waals surface area contributed by atoms with Gasteiger partial charge in [-0.15, -0.1) is 0 Å². The van der Waals surface area contributed by atoms with Crippen LogP contribution in [0.15, 0.2) is 55.1 Å². The van der Waals surface area contributed by atoms with Gasteiger partial charge < -0.3 is 4.74 Å². The molecule has 0 aliphatic rings. The summed E-state index contributed by atoms with van der Waals surface area (Å²) < 4.78 is 18.8. The zero-order chi connectivity index (χ0) is 13.8. The number of hydrogen-bond donors (Lipinski definition) is 0. The van der Waals surface area contributed by atoms with Gasteiger partial charge in [-0.1, -0.05) is 48.5 Å². The number of carbonyl (C=O) groups excluding carboxylic acids is 1. The Morgan fingerprint density at radius 3 is 2.53 bits per heavy atom. The third-order valence-corrected chi connectivity index (χ3v) is 2.88. The van der Waals surface area contributed by atoms with E-state index < -0.39 is 11.8 Å². The first kappa shape index (κ1) is 13.3. The van der Waals surface area contributed by atoms with Crippen molar-refractivity contribution in [2.45, 2.75) is 0 Å². The molecule has 0 amide bonds. The van der Waals surface area contributed by atoms with Gasteiger partial charge in [-0.3, -0.25) is 0 Å². The summed E-state index contributed by atoms with van der Waals surface area (Å²) >= 11 is 5.97. The van der Waals surface area contributed by atoms with Gasteiger partial charge in [0, 0.05) is 11.6 Å². The maximum atomic E-state index is 14.0. The number of halogens is 2. The van der Waals surface area contributed by atoms with Crippen molar-refractivity contribution in [3.8, 4) is 16.9 Å². The van der Waals surface area contributed by atoms with Crippen molar-refractivity contribution in [1.82, 2.24) is 0 Å². The van der Waals surface area contributed by atoms with Gasteiger partial charge in [-0.05, 0) is 17.7 Å². The van der Waals surface area contributed by atoms with E-state index in [0.29, 0.717) is 5.56 Å². The molecular formula is C15H10ClFO2. The number of esters is 1. The van der Waals surface area contributed by atoms with Crippen LogP contribution < -0.4 is 4.74 Å². The quantitative estimate of drug-likeness (QED) is 0.476. The summed E-state index contributed by atoms with van der Waals surface area (Å²) in [5.74, 6) is -1.71. The fraction of sp³-hybridized carbons (Fsp3) is 0. The minimum Gasteiger partial charge on any atom is -0.420 e. The Labute approximate surface area is 115 Å². The van der Waals surface area contributed by atoms with Crippen molar-refractivity contribution in [3.63, 3.8) is 0 Å². The average Bonchev–Trinajstić information content (AvgIpc) is 2.45. The van der Waals surface area contributed by atoms with E-state index in [-0.39, 0.29) is 10.8 Å². The topological polar surface area (TPSA) is 26.3 Å². The lowest BCUT2D eigenvalue weighted by molar-refractivity contribution is -0.129. The van der Waals surface area contributed by atoms with Crippen LogP contribution in [0.25, 0.3) is 11.1 Å². The highest BCUT2D eigenvalue weighted by Crippen LogP contribution is 2.34. The van der Waals surface area contributed by atoms with Crippen molar-refractivity contribution < 1.29 is 13.9 Å². The summed E-state index contributed by atoms with van der Waals surface area (Å²) in [6, 6.07) is 12.1. The summed E-state index contributed by atoms with van der Waals surface area (Å²) in [4.78, 5) is 11.0. The van der Waals surface area contributed by atoms with E-state index in [1.807, 2.05) is 30.3 Å². The number of benzene rings is 2. The van der Waals surface area contributed by atoms with Gasteiger partial charge in [0.15, 0.2) is 11.6 Å². The molecule has 0 radical (unpaired) electrons. The molecule has 0 fully saturated rings. The van der Waals surface area contributed by atoms with Crippen LogP contribution in [0, 0.1) is 5.82 Å². The van der Waals surface area contributed by atoms with Crippen LogP contribution in [0.3, 0.4) is 0 Å². The van der Waals surface area contributed by atoms with Gasteiger partial charge in [-0.2, -0.15) is 0 Å². The van der Waals surface area contributed by atoms with Crippen LogP contribution >= 0.6 is 11.6 Å². The Morgan fingerprint density at radius 1 is 1.21 bits per heavy atom. The fourth-order valence-electron chi connectivity index (χ4n) is 1.60. The summed E-state index contributed by atoms with van der Waals surface area (Å²) in [6.07, 6.45) is 0.957. The van der Waals surface area contributed by atoms with E-state index in [4.69, 9.17) is 16.3 Å². The Hall–Kier alpha value is -2.13. The normalized spacial score (nSPS) is 10.0. The largest absolute Gasteiger partial charge is 0.420 e. The zero-order valence-electron chi connectivity index (χ0n) is 9.90. The SMILES string of the molecule is C=CC(=O)Oc1ccc(-c2ccccc2)c(Cl)c1F. The second-order valence-corrected chi connectivity index (χ2v) is 4.11. The molecule has 2 aromatic rings. The maximum absolute atomic E-state index is 14.0. The van der Waals surface area contributed by atoms with Gasteiger partial charge in [-0.25, -0.2) is 9.18 Å². The number of carbonyl (C=O) groups is 1. The summed E-state index contributed by atoms with van der Waals surface area (Å²) in [5.41, 5.74) is 1.33. The Morgan fingerprint density at radius 2 is 1.89 bits per heavy atom. The van der Waals surface area contributed by atoms with E-state index in [1.165, 1.54) is 6.07 Å². The summed E-state index contributed by atoms with van der Waals surface area (Å²) in [6.45, 7) is 3.24. The molecule has 0 aliphatic carbocycles. The van der Waals surface area contributed by atoms with E-state index >= 15 is 0 Å². The second-order valence-electron chi connectivity index (χ2n) is 3.73. The minimum absolute atomic E-state index is 0.0828. The number of hydrogen-bond acceptors (Lipinski definition) is 2. The Balaban J connectivity index is 2.43. The van der Waals surface area contributed by atoms with Gasteiger partial charge >= 0.3 is 5.97 Å². The van der Waals surface area contributed by atoms with E-state index in [0.717, 1.165) is 11.6 Å². The van der Waals surface area contributed by atoms with Crippen LogP contribution in [0.5, 0.6) is 5.75 Å². The molecular weight excluding hydrogens is 267 g/mol. The Bertz CT molecular complexity index is 624. The molecule has 0 bridgehead atoms.